The zero-order valence-corrected chi connectivity index (χ0v) is 10.3. The van der Waals surface area contributed by atoms with E-state index >= 15 is 0 Å². The number of hydrogen-bond acceptors (Lipinski definition) is 1. The molecule has 1 atom stereocenters. The van der Waals surface area contributed by atoms with E-state index in [9.17, 15) is 18.0 Å². The van der Waals surface area contributed by atoms with Crippen molar-refractivity contribution in [2.45, 2.75) is 32.9 Å². The SMILES string of the molecule is CCC[C@@H](C)C(=O)Nc1ccccc1C(F)(F)F. The number of alkyl halides is 3. The maximum Gasteiger partial charge on any atom is 0.418 e. The summed E-state index contributed by atoms with van der Waals surface area (Å²) in [5.41, 5.74) is -1.000. The van der Waals surface area contributed by atoms with Crippen LogP contribution < -0.4 is 5.32 Å². The molecule has 0 aliphatic heterocycles. The first kappa shape index (κ1) is 14.5. The first-order valence-corrected chi connectivity index (χ1v) is 5.83. The molecule has 0 heterocycles. The monoisotopic (exact) mass is 259 g/mol. The van der Waals surface area contributed by atoms with Crippen molar-refractivity contribution in [2.24, 2.45) is 5.92 Å². The molecule has 1 rings (SSSR count). The number of benzene rings is 1. The summed E-state index contributed by atoms with van der Waals surface area (Å²) >= 11 is 0. The molecule has 18 heavy (non-hydrogen) atoms. The van der Waals surface area contributed by atoms with Gasteiger partial charge in [0, 0.05) is 5.92 Å². The smallest absolute Gasteiger partial charge is 0.325 e. The van der Waals surface area contributed by atoms with Crippen LogP contribution in [0.1, 0.15) is 32.3 Å². The summed E-state index contributed by atoms with van der Waals surface area (Å²) in [6.07, 6.45) is -2.99. The lowest BCUT2D eigenvalue weighted by molar-refractivity contribution is -0.137. The number of carbonyl (C=O) groups excluding carboxylic acids is 1. The van der Waals surface area contributed by atoms with Gasteiger partial charge in [0.2, 0.25) is 5.91 Å². The number of hydrogen-bond donors (Lipinski definition) is 1. The van der Waals surface area contributed by atoms with Gasteiger partial charge in [-0.2, -0.15) is 13.2 Å². The van der Waals surface area contributed by atoms with Crippen molar-refractivity contribution < 1.29 is 18.0 Å². The second-order valence-corrected chi connectivity index (χ2v) is 4.22. The van der Waals surface area contributed by atoms with Crippen LogP contribution in [0.5, 0.6) is 0 Å². The lowest BCUT2D eigenvalue weighted by Crippen LogP contribution is -2.22. The van der Waals surface area contributed by atoms with Gasteiger partial charge in [0.15, 0.2) is 0 Å². The molecule has 1 amide bonds. The summed E-state index contributed by atoms with van der Waals surface area (Å²) in [4.78, 5) is 11.7. The predicted molar refractivity (Wildman–Crippen MR) is 64.1 cm³/mol. The fourth-order valence-electron chi connectivity index (χ4n) is 1.66. The van der Waals surface area contributed by atoms with Gasteiger partial charge >= 0.3 is 6.18 Å². The standard InChI is InChI=1S/C13H16F3NO/c1-3-6-9(2)12(18)17-11-8-5-4-7-10(11)13(14,15)16/h4-5,7-9H,3,6H2,1-2H3,(H,17,18)/t9-/m1/s1. The summed E-state index contributed by atoms with van der Waals surface area (Å²) in [5, 5.41) is 2.34. The molecule has 100 valence electrons. The molecule has 0 aromatic heterocycles. The van der Waals surface area contributed by atoms with Gasteiger partial charge in [0.1, 0.15) is 0 Å². The Morgan fingerprint density at radius 1 is 1.33 bits per heavy atom. The Morgan fingerprint density at radius 3 is 2.50 bits per heavy atom. The molecule has 2 nitrogen and oxygen atoms in total. The largest absolute Gasteiger partial charge is 0.418 e. The van der Waals surface area contributed by atoms with Crippen LogP contribution in [-0.4, -0.2) is 5.91 Å². The van der Waals surface area contributed by atoms with Gasteiger partial charge in [-0.1, -0.05) is 32.4 Å². The molecule has 0 radical (unpaired) electrons. The highest BCUT2D eigenvalue weighted by Crippen LogP contribution is 2.34. The highest BCUT2D eigenvalue weighted by Gasteiger charge is 2.33. The van der Waals surface area contributed by atoms with E-state index in [1.807, 2.05) is 6.92 Å². The van der Waals surface area contributed by atoms with Crippen LogP contribution in [0.15, 0.2) is 24.3 Å². The van der Waals surface area contributed by atoms with E-state index in [1.54, 1.807) is 6.92 Å². The van der Waals surface area contributed by atoms with Crippen molar-refractivity contribution in [3.63, 3.8) is 0 Å². The summed E-state index contributed by atoms with van der Waals surface area (Å²) < 4.78 is 38.1. The van der Waals surface area contributed by atoms with Crippen molar-refractivity contribution >= 4 is 11.6 Å². The average molecular weight is 259 g/mol. The van der Waals surface area contributed by atoms with Crippen LogP contribution >= 0.6 is 0 Å². The molecule has 0 spiro atoms. The second kappa shape index (κ2) is 5.89. The molecule has 0 aliphatic rings. The van der Waals surface area contributed by atoms with Crippen LogP contribution in [0.2, 0.25) is 0 Å². The number of carbonyl (C=O) groups is 1. The van der Waals surface area contributed by atoms with Gasteiger partial charge in [0.25, 0.3) is 0 Å². The van der Waals surface area contributed by atoms with E-state index in [-0.39, 0.29) is 17.5 Å². The van der Waals surface area contributed by atoms with Crippen molar-refractivity contribution in [3.8, 4) is 0 Å². The van der Waals surface area contributed by atoms with Gasteiger partial charge in [-0.05, 0) is 18.6 Å². The van der Waals surface area contributed by atoms with Gasteiger partial charge in [-0.25, -0.2) is 0 Å². The van der Waals surface area contributed by atoms with E-state index in [1.165, 1.54) is 18.2 Å². The molecular formula is C13H16F3NO. The van der Waals surface area contributed by atoms with E-state index in [4.69, 9.17) is 0 Å². The third kappa shape index (κ3) is 3.75. The normalized spacial score (nSPS) is 13.2. The van der Waals surface area contributed by atoms with Gasteiger partial charge < -0.3 is 5.32 Å². The molecule has 0 fully saturated rings. The van der Waals surface area contributed by atoms with E-state index in [0.717, 1.165) is 12.5 Å². The zero-order valence-electron chi connectivity index (χ0n) is 10.3. The van der Waals surface area contributed by atoms with Crippen LogP contribution in [0.3, 0.4) is 0 Å². The Bertz CT molecular complexity index is 415. The Kier molecular flexibility index (Phi) is 4.76. The van der Waals surface area contributed by atoms with Gasteiger partial charge in [-0.3, -0.25) is 4.79 Å². The lowest BCUT2D eigenvalue weighted by Gasteiger charge is -2.15. The Hall–Kier alpha value is -1.52. The number of rotatable bonds is 4. The minimum Gasteiger partial charge on any atom is -0.325 e. The third-order valence-electron chi connectivity index (χ3n) is 2.66. The topological polar surface area (TPSA) is 29.1 Å². The molecular weight excluding hydrogens is 243 g/mol. The minimum atomic E-state index is -4.46. The Balaban J connectivity index is 2.88. The highest BCUT2D eigenvalue weighted by atomic mass is 19.4. The van der Waals surface area contributed by atoms with Crippen molar-refractivity contribution in [1.82, 2.24) is 0 Å². The quantitative estimate of drug-likeness (QED) is 0.867. The molecule has 1 aromatic rings. The van der Waals surface area contributed by atoms with Crippen LogP contribution in [0.25, 0.3) is 0 Å². The van der Waals surface area contributed by atoms with E-state index in [0.29, 0.717) is 6.42 Å². The van der Waals surface area contributed by atoms with Crippen molar-refractivity contribution in [3.05, 3.63) is 29.8 Å². The van der Waals surface area contributed by atoms with Crippen LogP contribution in [0, 0.1) is 5.92 Å². The molecule has 0 aliphatic carbocycles. The zero-order chi connectivity index (χ0) is 13.8. The third-order valence-corrected chi connectivity index (χ3v) is 2.66. The summed E-state index contributed by atoms with van der Waals surface area (Å²) in [7, 11) is 0. The second-order valence-electron chi connectivity index (χ2n) is 4.22. The summed E-state index contributed by atoms with van der Waals surface area (Å²) in [6, 6.07) is 4.99. The van der Waals surface area contributed by atoms with Crippen LogP contribution in [0.4, 0.5) is 18.9 Å². The van der Waals surface area contributed by atoms with Crippen LogP contribution in [-0.2, 0) is 11.0 Å². The van der Waals surface area contributed by atoms with Gasteiger partial charge in [0.05, 0.1) is 11.3 Å². The van der Waals surface area contributed by atoms with E-state index in [2.05, 4.69) is 5.32 Å². The van der Waals surface area contributed by atoms with Crippen molar-refractivity contribution in [2.75, 3.05) is 5.32 Å². The number of anilines is 1. The molecule has 5 heteroatoms. The number of amides is 1. The number of halogens is 3. The van der Waals surface area contributed by atoms with E-state index < -0.39 is 11.7 Å². The minimum absolute atomic E-state index is 0.182. The first-order valence-electron chi connectivity index (χ1n) is 5.83. The molecule has 0 saturated heterocycles. The Labute approximate surface area is 104 Å². The molecule has 0 unspecified atom stereocenters. The summed E-state index contributed by atoms with van der Waals surface area (Å²) in [6.45, 7) is 3.63. The Morgan fingerprint density at radius 2 is 1.94 bits per heavy atom. The fourth-order valence-corrected chi connectivity index (χ4v) is 1.66. The number of nitrogens with one attached hydrogen (secondary N) is 1. The fraction of sp³-hybridized carbons (Fsp3) is 0.462. The maximum absolute atomic E-state index is 12.7. The lowest BCUT2D eigenvalue weighted by atomic mass is 10.0. The first-order chi connectivity index (χ1) is 8.36. The summed E-state index contributed by atoms with van der Waals surface area (Å²) in [5.74, 6) is -0.676. The molecule has 0 bridgehead atoms. The highest BCUT2D eigenvalue weighted by molar-refractivity contribution is 5.93. The molecule has 1 aromatic carbocycles. The molecule has 0 saturated carbocycles. The van der Waals surface area contributed by atoms with Gasteiger partial charge in [-0.15, -0.1) is 0 Å². The maximum atomic E-state index is 12.7. The number of para-hydroxylation sites is 1. The van der Waals surface area contributed by atoms with Crippen molar-refractivity contribution in [1.29, 1.82) is 0 Å². The molecule has 1 N–H and O–H groups in total. The average Bonchev–Trinajstić information content (AvgIpc) is 2.28. The predicted octanol–water partition coefficient (Wildman–Crippen LogP) is 4.08.